The van der Waals surface area contributed by atoms with E-state index < -0.39 is 15.7 Å². The predicted octanol–water partition coefficient (Wildman–Crippen LogP) is 0.161. The van der Waals surface area contributed by atoms with Gasteiger partial charge in [0.25, 0.3) is 0 Å². The van der Waals surface area contributed by atoms with Gasteiger partial charge in [-0.15, -0.1) is 11.3 Å². The summed E-state index contributed by atoms with van der Waals surface area (Å²) < 4.78 is 27.9. The van der Waals surface area contributed by atoms with Gasteiger partial charge in [-0.05, 0) is 20.8 Å². The van der Waals surface area contributed by atoms with Crippen molar-refractivity contribution in [1.82, 2.24) is 19.3 Å². The third-order valence-corrected chi connectivity index (χ3v) is 6.17. The van der Waals surface area contributed by atoms with Crippen LogP contribution >= 0.6 is 23.1 Å². The zero-order valence-corrected chi connectivity index (χ0v) is 18.6. The van der Waals surface area contributed by atoms with Gasteiger partial charge in [-0.2, -0.15) is 25.2 Å². The number of rotatable bonds is 6. The molecule has 28 heavy (non-hydrogen) atoms. The first kappa shape index (κ1) is 22.2. The quantitative estimate of drug-likeness (QED) is 0.274. The van der Waals surface area contributed by atoms with Gasteiger partial charge < -0.3 is 11.5 Å². The van der Waals surface area contributed by atoms with E-state index in [1.54, 1.807) is 11.8 Å². The van der Waals surface area contributed by atoms with Gasteiger partial charge >= 0.3 is 10.2 Å². The molecule has 156 valence electrons. The molecule has 0 saturated carbocycles. The Morgan fingerprint density at radius 1 is 1.39 bits per heavy atom. The van der Waals surface area contributed by atoms with Gasteiger partial charge in [-0.25, -0.2) is 19.0 Å². The molecule has 0 radical (unpaired) electrons. The SMILES string of the molecule is CN1C(=NCCSCc2csc(N=C(N)N)n2)NC(=NC(C)(C)C)NS1(=O)=O. The zero-order valence-electron chi connectivity index (χ0n) is 16.1. The van der Waals surface area contributed by atoms with Crippen LogP contribution in [-0.2, 0) is 16.0 Å². The van der Waals surface area contributed by atoms with Crippen LogP contribution in [0.2, 0.25) is 0 Å². The summed E-state index contributed by atoms with van der Waals surface area (Å²) in [6.45, 7) is 6.05. The van der Waals surface area contributed by atoms with Crippen LogP contribution in [-0.4, -0.2) is 60.5 Å². The van der Waals surface area contributed by atoms with Gasteiger partial charge in [-0.3, -0.25) is 10.3 Å². The van der Waals surface area contributed by atoms with Gasteiger partial charge in [0, 0.05) is 23.9 Å². The van der Waals surface area contributed by atoms with Crippen molar-refractivity contribution < 1.29 is 8.42 Å². The van der Waals surface area contributed by atoms with Crippen molar-refractivity contribution in [2.45, 2.75) is 32.1 Å². The van der Waals surface area contributed by atoms with Crippen molar-refractivity contribution in [2.75, 3.05) is 19.3 Å². The standard InChI is InChI=1S/C14H25N9O2S3/c1-14(2,3)21-11-20-12(23(4)28(24,25)22-11)17-5-6-26-7-9-8-27-13(18-9)19-10(15)16/h8H,5-7H2,1-4H3,(H4,15,16,18,19)(H2,17,20,21,22). The van der Waals surface area contributed by atoms with E-state index >= 15 is 0 Å². The van der Waals surface area contributed by atoms with Crippen LogP contribution in [0.5, 0.6) is 0 Å². The van der Waals surface area contributed by atoms with E-state index in [4.69, 9.17) is 11.5 Å². The Labute approximate surface area is 173 Å². The minimum Gasteiger partial charge on any atom is -0.370 e. The average molecular weight is 448 g/mol. The Morgan fingerprint density at radius 3 is 2.75 bits per heavy atom. The molecule has 0 amide bonds. The maximum atomic E-state index is 12.2. The van der Waals surface area contributed by atoms with Gasteiger partial charge in [-0.1, -0.05) is 0 Å². The molecule has 1 aromatic rings. The van der Waals surface area contributed by atoms with Crippen molar-refractivity contribution in [3.63, 3.8) is 0 Å². The molecule has 1 aliphatic heterocycles. The fourth-order valence-corrected chi connectivity index (χ4v) is 4.30. The topological polar surface area (TPSA) is 163 Å². The van der Waals surface area contributed by atoms with E-state index in [0.29, 0.717) is 23.2 Å². The van der Waals surface area contributed by atoms with Gasteiger partial charge in [0.05, 0.1) is 17.8 Å². The largest absolute Gasteiger partial charge is 0.370 e. The monoisotopic (exact) mass is 447 g/mol. The molecule has 1 aromatic heterocycles. The number of nitrogens with zero attached hydrogens (tertiary/aromatic N) is 5. The van der Waals surface area contributed by atoms with E-state index in [0.717, 1.165) is 10.00 Å². The molecule has 6 N–H and O–H groups in total. The lowest BCUT2D eigenvalue weighted by atomic mass is 10.1. The Morgan fingerprint density at radius 2 is 2.11 bits per heavy atom. The Kier molecular flexibility index (Phi) is 7.11. The zero-order chi connectivity index (χ0) is 20.9. The summed E-state index contributed by atoms with van der Waals surface area (Å²) >= 11 is 2.99. The van der Waals surface area contributed by atoms with E-state index in [-0.39, 0.29) is 17.9 Å². The first-order valence-corrected chi connectivity index (χ1v) is 11.7. The van der Waals surface area contributed by atoms with Gasteiger partial charge in [0.15, 0.2) is 5.96 Å². The summed E-state index contributed by atoms with van der Waals surface area (Å²) in [5.74, 6) is 1.74. The number of thioether (sulfide) groups is 1. The van der Waals surface area contributed by atoms with Crippen LogP contribution in [0.1, 0.15) is 26.5 Å². The highest BCUT2D eigenvalue weighted by Crippen LogP contribution is 2.21. The fraction of sp³-hybridized carbons (Fsp3) is 0.571. The molecule has 2 rings (SSSR count). The molecule has 0 atom stereocenters. The molecular formula is C14H25N9O2S3. The van der Waals surface area contributed by atoms with Crippen LogP contribution in [0.4, 0.5) is 5.13 Å². The van der Waals surface area contributed by atoms with Crippen molar-refractivity contribution in [3.8, 4) is 0 Å². The fourth-order valence-electron chi connectivity index (χ4n) is 1.96. The van der Waals surface area contributed by atoms with Gasteiger partial charge in [0.1, 0.15) is 0 Å². The maximum absolute atomic E-state index is 12.2. The third kappa shape index (κ3) is 6.83. The van der Waals surface area contributed by atoms with E-state index in [1.807, 2.05) is 26.2 Å². The number of guanidine groups is 3. The van der Waals surface area contributed by atoms with Gasteiger partial charge in [0.2, 0.25) is 17.1 Å². The second-order valence-electron chi connectivity index (χ2n) is 6.75. The number of hydrogen-bond acceptors (Lipinski definition) is 8. The molecular weight excluding hydrogens is 422 g/mol. The summed E-state index contributed by atoms with van der Waals surface area (Å²) in [6, 6.07) is 0. The van der Waals surface area contributed by atoms with Crippen molar-refractivity contribution >= 4 is 56.3 Å². The number of nitrogens with one attached hydrogen (secondary N) is 2. The highest BCUT2D eigenvalue weighted by atomic mass is 32.2. The molecule has 2 heterocycles. The van der Waals surface area contributed by atoms with E-state index in [9.17, 15) is 8.42 Å². The first-order chi connectivity index (χ1) is 13.0. The lowest BCUT2D eigenvalue weighted by molar-refractivity contribution is 0.533. The van der Waals surface area contributed by atoms with Crippen LogP contribution in [0, 0.1) is 0 Å². The Balaban J connectivity index is 1.92. The summed E-state index contributed by atoms with van der Waals surface area (Å²) in [5, 5.41) is 5.34. The highest BCUT2D eigenvalue weighted by Gasteiger charge is 2.30. The smallest absolute Gasteiger partial charge is 0.328 e. The molecule has 1 fully saturated rings. The summed E-state index contributed by atoms with van der Waals surface area (Å²) in [6.07, 6.45) is 0. The number of aliphatic imine (C=N–C) groups is 3. The minimum atomic E-state index is -3.71. The molecule has 0 aromatic carbocycles. The van der Waals surface area contributed by atoms with Crippen LogP contribution in [0.3, 0.4) is 0 Å². The van der Waals surface area contributed by atoms with Crippen LogP contribution < -0.4 is 21.5 Å². The lowest BCUT2D eigenvalue weighted by Crippen LogP contribution is -2.61. The highest BCUT2D eigenvalue weighted by molar-refractivity contribution is 7.98. The molecule has 1 saturated heterocycles. The van der Waals surface area contributed by atoms with Crippen molar-refractivity contribution in [1.29, 1.82) is 0 Å². The Bertz CT molecular complexity index is 880. The number of hydrogen-bond donors (Lipinski definition) is 4. The lowest BCUT2D eigenvalue weighted by Gasteiger charge is -2.30. The van der Waals surface area contributed by atoms with Crippen molar-refractivity contribution in [3.05, 3.63) is 11.1 Å². The second kappa shape index (κ2) is 8.96. The number of aromatic nitrogens is 1. The van der Waals surface area contributed by atoms with E-state index in [2.05, 4.69) is 30.0 Å². The number of thiazole rings is 1. The first-order valence-electron chi connectivity index (χ1n) is 8.26. The molecule has 1 aliphatic rings. The Hall–Kier alpha value is -2.06. The summed E-state index contributed by atoms with van der Waals surface area (Å²) in [7, 11) is -2.29. The number of nitrogens with two attached hydrogens (primary N) is 2. The van der Waals surface area contributed by atoms with Crippen LogP contribution in [0.15, 0.2) is 20.4 Å². The molecule has 0 aliphatic carbocycles. The molecule has 0 unspecified atom stereocenters. The maximum Gasteiger partial charge on any atom is 0.328 e. The predicted molar refractivity (Wildman–Crippen MR) is 116 cm³/mol. The molecule has 0 spiro atoms. The minimum absolute atomic E-state index is 0.0210. The summed E-state index contributed by atoms with van der Waals surface area (Å²) in [4.78, 5) is 16.9. The normalized spacial score (nSPS) is 19.4. The van der Waals surface area contributed by atoms with Crippen molar-refractivity contribution in [2.24, 2.45) is 26.4 Å². The van der Waals surface area contributed by atoms with Crippen LogP contribution in [0.25, 0.3) is 0 Å². The molecule has 14 heteroatoms. The molecule has 0 bridgehead atoms. The molecule has 11 nitrogen and oxygen atoms in total. The third-order valence-electron chi connectivity index (χ3n) is 3.07. The average Bonchev–Trinajstić information content (AvgIpc) is 2.96. The summed E-state index contributed by atoms with van der Waals surface area (Å²) in [5.41, 5.74) is 11.1. The second-order valence-corrected chi connectivity index (χ2v) is 10.4. The van der Waals surface area contributed by atoms with E-state index in [1.165, 1.54) is 18.4 Å².